The Morgan fingerprint density at radius 2 is 0.655 bits per heavy atom. The molecule has 500 valence electrons. The van der Waals surface area contributed by atoms with Crippen LogP contribution in [0.3, 0.4) is 0 Å². The maximum atomic E-state index is 13.1. The van der Waals surface area contributed by atoms with E-state index in [1.165, 1.54) is 347 Å². The third-order valence-corrected chi connectivity index (χ3v) is 18.6. The van der Waals surface area contributed by atoms with Gasteiger partial charge in [-0.05, 0) is 19.3 Å². The number of rotatable bonds is 68. The number of nitrogens with one attached hydrogen (secondary N) is 1. The molecule has 7 atom stereocenters. The number of hydrogen-bond acceptors (Lipinski definition) is 8. The molecular weight excluding hydrogens is 1040 g/mol. The molecule has 1 amide bonds. The second kappa shape index (κ2) is 64.9. The van der Waals surface area contributed by atoms with Gasteiger partial charge in [-0.15, -0.1) is 0 Å². The first kappa shape index (κ1) is 80.9. The van der Waals surface area contributed by atoms with Crippen LogP contribution in [0.25, 0.3) is 0 Å². The summed E-state index contributed by atoms with van der Waals surface area (Å²) in [6.45, 7) is 3.85. The zero-order chi connectivity index (χ0) is 60.7. The van der Waals surface area contributed by atoms with Crippen molar-refractivity contribution >= 4 is 5.91 Å². The minimum Gasteiger partial charge on any atom is -0.394 e. The number of unbranched alkanes of at least 4 members (excludes halogenated alkanes) is 58. The van der Waals surface area contributed by atoms with Crippen LogP contribution < -0.4 is 5.32 Å². The molecule has 1 heterocycles. The number of aliphatic hydroxyl groups is 5. The average Bonchev–Trinajstić information content (AvgIpc) is 3.69. The maximum Gasteiger partial charge on any atom is 0.220 e. The summed E-state index contributed by atoms with van der Waals surface area (Å²) in [6, 6.07) is -0.802. The number of carbonyl (C=O) groups excluding carboxylic acids is 1. The topological polar surface area (TPSA) is 149 Å². The van der Waals surface area contributed by atoms with E-state index in [9.17, 15) is 30.3 Å². The van der Waals surface area contributed by atoms with Gasteiger partial charge >= 0.3 is 0 Å². The number of carbonyl (C=O) groups is 1. The molecule has 1 aliphatic heterocycles. The molecule has 7 unspecified atom stereocenters. The Bertz CT molecular complexity index is 1330. The van der Waals surface area contributed by atoms with Crippen molar-refractivity contribution in [2.24, 2.45) is 0 Å². The van der Waals surface area contributed by atoms with Gasteiger partial charge in [0, 0.05) is 6.42 Å². The summed E-state index contributed by atoms with van der Waals surface area (Å²) in [6.07, 6.45) is 77.8. The summed E-state index contributed by atoms with van der Waals surface area (Å²) in [7, 11) is 0. The van der Waals surface area contributed by atoms with E-state index < -0.39 is 49.5 Å². The lowest BCUT2D eigenvalue weighted by atomic mass is 9.99. The predicted octanol–water partition coefficient (Wildman–Crippen LogP) is 21.0. The SMILES string of the molecule is CCCCCCCCCCCCCCCCCCCCCCCCCC/C=C/C(O)C(COC1OC(CO)C(O)C(O)C1O)NC(=O)CCCCCCCCCCCCCCCCCCCCCCCCCCCCCCCCCCCCC. The first-order chi connectivity index (χ1) is 41.3. The molecule has 0 radical (unpaired) electrons. The highest BCUT2D eigenvalue weighted by Gasteiger charge is 2.44. The lowest BCUT2D eigenvalue weighted by Crippen LogP contribution is -2.60. The molecule has 1 rings (SSSR count). The van der Waals surface area contributed by atoms with Crippen molar-refractivity contribution in [1.82, 2.24) is 5.32 Å². The summed E-state index contributed by atoms with van der Waals surface area (Å²) in [5.74, 6) is -0.166. The zero-order valence-corrected chi connectivity index (χ0v) is 56.2. The van der Waals surface area contributed by atoms with E-state index in [-0.39, 0.29) is 12.5 Å². The van der Waals surface area contributed by atoms with Crippen LogP contribution in [0.4, 0.5) is 0 Å². The molecule has 1 saturated heterocycles. The number of hydrogen-bond donors (Lipinski definition) is 6. The predicted molar refractivity (Wildman–Crippen MR) is 360 cm³/mol. The summed E-state index contributed by atoms with van der Waals surface area (Å²) in [4.78, 5) is 13.1. The monoisotopic (exact) mass is 1190 g/mol. The highest BCUT2D eigenvalue weighted by molar-refractivity contribution is 5.76. The molecule has 0 bridgehead atoms. The van der Waals surface area contributed by atoms with Crippen LogP contribution in [0, 0.1) is 0 Å². The molecule has 0 aliphatic carbocycles. The van der Waals surface area contributed by atoms with Crippen molar-refractivity contribution in [3.63, 3.8) is 0 Å². The van der Waals surface area contributed by atoms with Crippen LogP contribution in [-0.4, -0.2) is 87.5 Å². The minimum atomic E-state index is -1.56. The molecule has 6 N–H and O–H groups in total. The number of ether oxygens (including phenoxy) is 2. The molecule has 9 heteroatoms. The van der Waals surface area contributed by atoms with Gasteiger partial charge in [0.15, 0.2) is 6.29 Å². The van der Waals surface area contributed by atoms with Crippen LogP contribution >= 0.6 is 0 Å². The second-order valence-electron chi connectivity index (χ2n) is 26.8. The third-order valence-electron chi connectivity index (χ3n) is 18.6. The molecule has 84 heavy (non-hydrogen) atoms. The molecule has 1 fully saturated rings. The van der Waals surface area contributed by atoms with Gasteiger partial charge in [-0.1, -0.05) is 392 Å². The molecule has 1 aliphatic rings. The largest absolute Gasteiger partial charge is 0.394 e. The van der Waals surface area contributed by atoms with E-state index >= 15 is 0 Å². The van der Waals surface area contributed by atoms with E-state index in [0.717, 1.165) is 38.5 Å². The fraction of sp³-hybridized carbons (Fsp3) is 0.960. The average molecular weight is 1190 g/mol. The fourth-order valence-corrected chi connectivity index (χ4v) is 12.7. The van der Waals surface area contributed by atoms with Crippen LogP contribution in [0.15, 0.2) is 12.2 Å². The van der Waals surface area contributed by atoms with Crippen LogP contribution in [0.2, 0.25) is 0 Å². The quantitative estimate of drug-likeness (QED) is 0.0261. The van der Waals surface area contributed by atoms with Crippen molar-refractivity contribution in [2.75, 3.05) is 13.2 Å². The van der Waals surface area contributed by atoms with E-state index in [4.69, 9.17) is 9.47 Å². The van der Waals surface area contributed by atoms with Gasteiger partial charge in [0.2, 0.25) is 5.91 Å². The van der Waals surface area contributed by atoms with Crippen molar-refractivity contribution in [1.29, 1.82) is 0 Å². The Kier molecular flexibility index (Phi) is 62.5. The second-order valence-corrected chi connectivity index (χ2v) is 26.8. The first-order valence-corrected chi connectivity index (χ1v) is 37.9. The first-order valence-electron chi connectivity index (χ1n) is 37.9. The third kappa shape index (κ3) is 52.8. The highest BCUT2D eigenvalue weighted by atomic mass is 16.7. The smallest absolute Gasteiger partial charge is 0.220 e. The van der Waals surface area contributed by atoms with Crippen LogP contribution in [0.5, 0.6) is 0 Å². The molecule has 0 aromatic heterocycles. The fourth-order valence-electron chi connectivity index (χ4n) is 12.7. The Balaban J connectivity index is 2.07. The van der Waals surface area contributed by atoms with Crippen molar-refractivity contribution < 1.29 is 39.8 Å². The van der Waals surface area contributed by atoms with Gasteiger partial charge in [0.05, 0.1) is 25.4 Å². The number of amides is 1. The van der Waals surface area contributed by atoms with Gasteiger partial charge < -0.3 is 40.3 Å². The van der Waals surface area contributed by atoms with Crippen LogP contribution in [-0.2, 0) is 14.3 Å². The zero-order valence-electron chi connectivity index (χ0n) is 56.2. The number of allylic oxidation sites excluding steroid dienone is 1. The molecule has 9 nitrogen and oxygen atoms in total. The summed E-state index contributed by atoms with van der Waals surface area (Å²) in [5.41, 5.74) is 0. The van der Waals surface area contributed by atoms with Gasteiger partial charge in [0.1, 0.15) is 24.4 Å². The Morgan fingerprint density at radius 3 is 0.929 bits per heavy atom. The van der Waals surface area contributed by atoms with E-state index in [0.29, 0.717) is 6.42 Å². The summed E-state index contributed by atoms with van der Waals surface area (Å²) >= 11 is 0. The Labute approximate surface area is 522 Å². The van der Waals surface area contributed by atoms with Gasteiger partial charge in [-0.2, -0.15) is 0 Å². The van der Waals surface area contributed by atoms with Gasteiger partial charge in [-0.25, -0.2) is 0 Å². The van der Waals surface area contributed by atoms with Crippen molar-refractivity contribution in [3.05, 3.63) is 12.2 Å². The van der Waals surface area contributed by atoms with Crippen molar-refractivity contribution in [3.8, 4) is 0 Å². The van der Waals surface area contributed by atoms with Crippen LogP contribution in [0.1, 0.15) is 406 Å². The van der Waals surface area contributed by atoms with Gasteiger partial charge in [-0.3, -0.25) is 4.79 Å². The number of aliphatic hydroxyl groups excluding tert-OH is 5. The van der Waals surface area contributed by atoms with E-state index in [1.54, 1.807) is 6.08 Å². The molecule has 0 aromatic rings. The summed E-state index contributed by atoms with van der Waals surface area (Å²) in [5, 5.41) is 54.8. The standard InChI is InChI=1S/C75H147NO8/c1-3-5-7-9-11-13-15-17-19-21-23-25-27-29-31-32-33-34-35-36-37-38-39-41-43-45-47-49-51-53-55-57-59-61-63-65-71(79)76-68(67-83-75-74(82)73(81)72(80)70(66-77)84-75)69(78)64-62-60-58-56-54-52-50-48-46-44-42-40-30-28-26-24-22-20-18-16-14-12-10-8-6-4-2/h62,64,68-70,72-75,77-78,80-82H,3-61,63,65-67H2,1-2H3,(H,76,79)/b64-62+. The Hall–Kier alpha value is -1.07. The van der Waals surface area contributed by atoms with Gasteiger partial charge in [0.25, 0.3) is 0 Å². The Morgan fingerprint density at radius 1 is 0.393 bits per heavy atom. The van der Waals surface area contributed by atoms with Crippen molar-refractivity contribution in [2.45, 2.75) is 448 Å². The molecular formula is C75H147NO8. The minimum absolute atomic E-state index is 0.166. The lowest BCUT2D eigenvalue weighted by Gasteiger charge is -2.40. The highest BCUT2D eigenvalue weighted by Crippen LogP contribution is 2.24. The molecule has 0 saturated carbocycles. The maximum absolute atomic E-state index is 13.1. The molecule has 0 aromatic carbocycles. The van der Waals surface area contributed by atoms with E-state index in [2.05, 4.69) is 19.2 Å². The van der Waals surface area contributed by atoms with E-state index in [1.807, 2.05) is 6.08 Å². The summed E-state index contributed by atoms with van der Waals surface area (Å²) < 4.78 is 11.3. The normalized spacial score (nSPS) is 18.1. The molecule has 0 spiro atoms. The lowest BCUT2D eigenvalue weighted by molar-refractivity contribution is -0.302.